The molecule has 2 rings (SSSR count). The number of hydrogen-bond acceptors (Lipinski definition) is 5. The number of ether oxygens (including phenoxy) is 1. The summed E-state index contributed by atoms with van der Waals surface area (Å²) in [5.74, 6) is 0.627. The molecule has 0 saturated carbocycles. The van der Waals surface area contributed by atoms with E-state index in [0.29, 0.717) is 18.3 Å². The number of aromatic nitrogens is 3. The van der Waals surface area contributed by atoms with E-state index in [0.717, 1.165) is 12.2 Å². The first-order valence-corrected chi connectivity index (χ1v) is 6.05. The van der Waals surface area contributed by atoms with Gasteiger partial charge in [-0.2, -0.15) is 10.1 Å². The minimum absolute atomic E-state index is 0.242. The van der Waals surface area contributed by atoms with Crippen molar-refractivity contribution < 1.29 is 9.15 Å². The second kappa shape index (κ2) is 5.68. The molecule has 98 valence electrons. The molecular weight excluding hydrogens is 232 g/mol. The first-order chi connectivity index (χ1) is 8.67. The van der Waals surface area contributed by atoms with Gasteiger partial charge in [0.15, 0.2) is 5.75 Å². The van der Waals surface area contributed by atoms with E-state index in [4.69, 9.17) is 9.15 Å². The number of nitrogens with one attached hydrogen (secondary N) is 1. The minimum Gasteiger partial charge on any atom is -0.417 e. The summed E-state index contributed by atoms with van der Waals surface area (Å²) in [5, 5.41) is 7.36. The monoisotopic (exact) mass is 250 g/mol. The highest BCUT2D eigenvalue weighted by Crippen LogP contribution is 2.19. The molecule has 0 atom stereocenters. The van der Waals surface area contributed by atoms with Crippen LogP contribution in [0, 0.1) is 0 Å². The molecular formula is C12H18N4O2. The summed E-state index contributed by atoms with van der Waals surface area (Å²) in [6, 6.07) is 0.411. The SMILES string of the molecule is CCn1cc(Oc2nc(CNC(C)C)co2)cn1. The standard InChI is InChI=1S/C12H18N4O2/c1-4-16-7-11(6-14-16)18-12-15-10(8-17-12)5-13-9(2)3/h6-9,13H,4-5H2,1-3H3. The molecule has 0 bridgehead atoms. The highest BCUT2D eigenvalue weighted by molar-refractivity contribution is 5.16. The Labute approximate surface area is 106 Å². The van der Waals surface area contributed by atoms with Crippen LogP contribution in [-0.2, 0) is 13.1 Å². The summed E-state index contributed by atoms with van der Waals surface area (Å²) in [6.45, 7) is 7.64. The molecule has 1 N–H and O–H groups in total. The molecule has 0 spiro atoms. The van der Waals surface area contributed by atoms with E-state index >= 15 is 0 Å². The van der Waals surface area contributed by atoms with E-state index in [1.807, 2.05) is 6.92 Å². The second-order valence-corrected chi connectivity index (χ2v) is 4.27. The molecule has 0 aliphatic rings. The lowest BCUT2D eigenvalue weighted by Gasteiger charge is -2.03. The Morgan fingerprint density at radius 2 is 2.33 bits per heavy atom. The van der Waals surface area contributed by atoms with Gasteiger partial charge in [0.1, 0.15) is 6.26 Å². The third kappa shape index (κ3) is 3.33. The van der Waals surface area contributed by atoms with Crippen molar-refractivity contribution in [1.29, 1.82) is 0 Å². The van der Waals surface area contributed by atoms with Crippen LogP contribution in [0.2, 0.25) is 0 Å². The average molecular weight is 250 g/mol. The van der Waals surface area contributed by atoms with Crippen molar-refractivity contribution in [3.05, 3.63) is 24.4 Å². The highest BCUT2D eigenvalue weighted by atomic mass is 16.6. The number of oxazole rings is 1. The van der Waals surface area contributed by atoms with Gasteiger partial charge < -0.3 is 14.5 Å². The summed E-state index contributed by atoms with van der Waals surface area (Å²) >= 11 is 0. The largest absolute Gasteiger partial charge is 0.417 e. The predicted octanol–water partition coefficient (Wildman–Crippen LogP) is 2.18. The fourth-order valence-electron chi connectivity index (χ4n) is 1.40. The van der Waals surface area contributed by atoms with Gasteiger partial charge in [-0.05, 0) is 6.92 Å². The van der Waals surface area contributed by atoms with Crippen LogP contribution in [0.25, 0.3) is 0 Å². The topological polar surface area (TPSA) is 65.1 Å². The summed E-state index contributed by atoms with van der Waals surface area (Å²) in [5.41, 5.74) is 0.821. The lowest BCUT2D eigenvalue weighted by molar-refractivity contribution is 0.330. The molecule has 0 fully saturated rings. The number of hydrogen-bond donors (Lipinski definition) is 1. The smallest absolute Gasteiger partial charge is 0.399 e. The number of aryl methyl sites for hydroxylation is 1. The zero-order valence-electron chi connectivity index (χ0n) is 10.9. The third-order valence-electron chi connectivity index (χ3n) is 2.36. The molecule has 0 aliphatic carbocycles. The average Bonchev–Trinajstić information content (AvgIpc) is 2.96. The Hall–Kier alpha value is -1.82. The quantitative estimate of drug-likeness (QED) is 0.851. The van der Waals surface area contributed by atoms with Gasteiger partial charge in [0.25, 0.3) is 0 Å². The van der Waals surface area contributed by atoms with Crippen LogP contribution >= 0.6 is 0 Å². The fraction of sp³-hybridized carbons (Fsp3) is 0.500. The van der Waals surface area contributed by atoms with Crippen molar-refractivity contribution >= 4 is 0 Å². The third-order valence-corrected chi connectivity index (χ3v) is 2.36. The summed E-state index contributed by atoms with van der Waals surface area (Å²) < 4.78 is 12.5. The Morgan fingerprint density at radius 1 is 1.50 bits per heavy atom. The fourth-order valence-corrected chi connectivity index (χ4v) is 1.40. The first kappa shape index (κ1) is 12.6. The summed E-state index contributed by atoms with van der Waals surface area (Å²) in [7, 11) is 0. The second-order valence-electron chi connectivity index (χ2n) is 4.27. The van der Waals surface area contributed by atoms with Crippen LogP contribution in [0.5, 0.6) is 11.8 Å². The number of nitrogens with zero attached hydrogens (tertiary/aromatic N) is 3. The molecule has 2 aromatic rings. The molecule has 0 radical (unpaired) electrons. The highest BCUT2D eigenvalue weighted by Gasteiger charge is 2.08. The maximum atomic E-state index is 5.46. The van der Waals surface area contributed by atoms with Gasteiger partial charge in [0, 0.05) is 19.1 Å². The molecule has 0 aromatic carbocycles. The van der Waals surface area contributed by atoms with Crippen molar-refractivity contribution in [2.24, 2.45) is 0 Å². The van der Waals surface area contributed by atoms with Crippen LogP contribution < -0.4 is 10.1 Å². The normalized spacial score (nSPS) is 11.1. The minimum atomic E-state index is 0.242. The lowest BCUT2D eigenvalue weighted by atomic mass is 10.4. The van der Waals surface area contributed by atoms with Crippen molar-refractivity contribution in [2.45, 2.75) is 39.9 Å². The van der Waals surface area contributed by atoms with Gasteiger partial charge in [0.05, 0.1) is 18.1 Å². The van der Waals surface area contributed by atoms with E-state index in [9.17, 15) is 0 Å². The van der Waals surface area contributed by atoms with Crippen LogP contribution in [0.1, 0.15) is 26.5 Å². The zero-order valence-corrected chi connectivity index (χ0v) is 10.9. The zero-order chi connectivity index (χ0) is 13.0. The van der Waals surface area contributed by atoms with E-state index in [2.05, 4.69) is 29.2 Å². The Kier molecular flexibility index (Phi) is 3.99. The van der Waals surface area contributed by atoms with Gasteiger partial charge in [-0.25, -0.2) is 0 Å². The molecule has 2 heterocycles. The van der Waals surface area contributed by atoms with Crippen molar-refractivity contribution in [3.63, 3.8) is 0 Å². The molecule has 2 aromatic heterocycles. The lowest BCUT2D eigenvalue weighted by Crippen LogP contribution is -2.21. The molecule has 6 heteroatoms. The Bertz CT molecular complexity index is 490. The van der Waals surface area contributed by atoms with E-state index in [-0.39, 0.29) is 6.08 Å². The summed E-state index contributed by atoms with van der Waals surface area (Å²) in [6.07, 6.45) is 5.27. The van der Waals surface area contributed by atoms with Gasteiger partial charge in [0.2, 0.25) is 0 Å². The van der Waals surface area contributed by atoms with E-state index < -0.39 is 0 Å². The van der Waals surface area contributed by atoms with Gasteiger partial charge in [-0.15, -0.1) is 0 Å². The Morgan fingerprint density at radius 3 is 3.00 bits per heavy atom. The van der Waals surface area contributed by atoms with Crippen molar-refractivity contribution in [3.8, 4) is 11.8 Å². The molecule has 0 saturated heterocycles. The first-order valence-electron chi connectivity index (χ1n) is 6.05. The van der Waals surface area contributed by atoms with Crippen LogP contribution in [0.3, 0.4) is 0 Å². The maximum Gasteiger partial charge on any atom is 0.399 e. The molecule has 0 aliphatic heterocycles. The van der Waals surface area contributed by atoms with Crippen LogP contribution in [0.15, 0.2) is 23.1 Å². The Balaban J connectivity index is 1.93. The summed E-state index contributed by atoms with van der Waals surface area (Å²) in [4.78, 5) is 4.22. The van der Waals surface area contributed by atoms with Gasteiger partial charge >= 0.3 is 6.08 Å². The maximum absolute atomic E-state index is 5.46. The van der Waals surface area contributed by atoms with Crippen LogP contribution in [0.4, 0.5) is 0 Å². The predicted molar refractivity (Wildman–Crippen MR) is 66.5 cm³/mol. The van der Waals surface area contributed by atoms with Crippen LogP contribution in [-0.4, -0.2) is 20.8 Å². The van der Waals surface area contributed by atoms with E-state index in [1.165, 1.54) is 0 Å². The van der Waals surface area contributed by atoms with Gasteiger partial charge in [-0.1, -0.05) is 13.8 Å². The molecule has 0 unspecified atom stereocenters. The molecule has 18 heavy (non-hydrogen) atoms. The van der Waals surface area contributed by atoms with Crippen molar-refractivity contribution in [2.75, 3.05) is 0 Å². The van der Waals surface area contributed by atoms with E-state index in [1.54, 1.807) is 23.3 Å². The molecule has 6 nitrogen and oxygen atoms in total. The van der Waals surface area contributed by atoms with Gasteiger partial charge in [-0.3, -0.25) is 4.68 Å². The number of rotatable bonds is 6. The molecule has 0 amide bonds. The van der Waals surface area contributed by atoms with Crippen molar-refractivity contribution in [1.82, 2.24) is 20.1 Å².